The summed E-state index contributed by atoms with van der Waals surface area (Å²) in [5, 5.41) is 0. The number of rotatable bonds is 3. The fourth-order valence-corrected chi connectivity index (χ4v) is 4.60. The zero-order chi connectivity index (χ0) is 20.5. The molecular weight excluding hydrogens is 440 g/mol. The van der Waals surface area contributed by atoms with Crippen LogP contribution in [-0.2, 0) is 17.7 Å². The van der Waals surface area contributed by atoms with Crippen molar-refractivity contribution in [1.29, 1.82) is 0 Å². The van der Waals surface area contributed by atoms with Gasteiger partial charge >= 0.3 is 0 Å². The number of aromatic nitrogens is 2. The molecule has 3 heterocycles. The summed E-state index contributed by atoms with van der Waals surface area (Å²) in [6.45, 7) is 4.12. The molecular formula is C24H25BrN4O. The fourth-order valence-electron chi connectivity index (χ4n) is 4.20. The molecule has 1 fully saturated rings. The van der Waals surface area contributed by atoms with Gasteiger partial charge in [-0.25, -0.2) is 4.98 Å². The number of aryl methyl sites for hydroxylation is 1. The summed E-state index contributed by atoms with van der Waals surface area (Å²) in [5.41, 5.74) is 13.3. The summed E-state index contributed by atoms with van der Waals surface area (Å²) in [4.78, 5) is 7.42. The Kier molecular flexibility index (Phi) is 5.46. The molecule has 5 nitrogen and oxygen atoms in total. The third kappa shape index (κ3) is 3.71. The molecule has 154 valence electrons. The van der Waals surface area contributed by atoms with Crippen molar-refractivity contribution < 1.29 is 4.74 Å². The van der Waals surface area contributed by atoms with Crippen molar-refractivity contribution in [2.24, 2.45) is 0 Å². The summed E-state index contributed by atoms with van der Waals surface area (Å²) >= 11 is 3.68. The molecule has 3 aromatic rings. The number of anilines is 1. The smallest absolute Gasteiger partial charge is 0.146 e. The molecule has 5 rings (SSSR count). The molecule has 1 saturated heterocycles. The predicted molar refractivity (Wildman–Crippen MR) is 125 cm³/mol. The van der Waals surface area contributed by atoms with Crippen molar-refractivity contribution in [3.05, 3.63) is 75.5 Å². The Labute approximate surface area is 185 Å². The number of fused-ring (bicyclic) bond motifs is 2. The van der Waals surface area contributed by atoms with Crippen LogP contribution in [0.25, 0.3) is 17.3 Å². The number of benzene rings is 1. The highest BCUT2D eigenvalue weighted by Gasteiger charge is 2.19. The average molecular weight is 465 g/mol. The van der Waals surface area contributed by atoms with Crippen LogP contribution in [-0.4, -0.2) is 40.6 Å². The normalized spacial score (nSPS) is 17.4. The summed E-state index contributed by atoms with van der Waals surface area (Å²) in [5.74, 6) is 0.685. The molecule has 6 heteroatoms. The number of hydrogen-bond donors (Lipinski definition) is 1. The number of nitrogens with zero attached hydrogens (tertiary/aromatic N) is 3. The highest BCUT2D eigenvalue weighted by Crippen LogP contribution is 2.32. The number of morpholine rings is 1. The average Bonchev–Trinajstić information content (AvgIpc) is 3.17. The Morgan fingerprint density at radius 2 is 1.97 bits per heavy atom. The second-order valence-corrected chi connectivity index (χ2v) is 8.60. The minimum Gasteiger partial charge on any atom is -0.384 e. The summed E-state index contributed by atoms with van der Waals surface area (Å²) < 4.78 is 8.33. The van der Waals surface area contributed by atoms with Crippen LogP contribution in [0.5, 0.6) is 0 Å². The number of nitrogens with two attached hydrogens (primary N) is 1. The highest BCUT2D eigenvalue weighted by molar-refractivity contribution is 9.10. The van der Waals surface area contributed by atoms with Crippen LogP contribution in [0.4, 0.5) is 5.82 Å². The number of ether oxygens (including phenoxy) is 1. The van der Waals surface area contributed by atoms with Crippen molar-refractivity contribution in [2.45, 2.75) is 19.4 Å². The van der Waals surface area contributed by atoms with Crippen LogP contribution in [0.1, 0.15) is 28.8 Å². The third-order valence-electron chi connectivity index (χ3n) is 5.87. The van der Waals surface area contributed by atoms with Crippen molar-refractivity contribution in [1.82, 2.24) is 14.3 Å². The van der Waals surface area contributed by atoms with Gasteiger partial charge < -0.3 is 10.5 Å². The van der Waals surface area contributed by atoms with Crippen molar-refractivity contribution in [3.8, 4) is 0 Å². The summed E-state index contributed by atoms with van der Waals surface area (Å²) in [6.07, 6.45) is 10.8. The molecule has 30 heavy (non-hydrogen) atoms. The van der Waals surface area contributed by atoms with Gasteiger partial charge in [-0.05, 0) is 57.6 Å². The lowest BCUT2D eigenvalue weighted by Crippen LogP contribution is -2.36. The third-order valence-corrected chi connectivity index (χ3v) is 6.73. The van der Waals surface area contributed by atoms with Gasteiger partial charge in [-0.1, -0.05) is 36.4 Å². The van der Waals surface area contributed by atoms with E-state index in [9.17, 15) is 0 Å². The molecule has 0 unspecified atom stereocenters. The zero-order valence-corrected chi connectivity index (χ0v) is 18.4. The van der Waals surface area contributed by atoms with Crippen LogP contribution < -0.4 is 5.73 Å². The van der Waals surface area contributed by atoms with E-state index in [0.717, 1.165) is 72.6 Å². The molecule has 0 radical (unpaired) electrons. The minimum atomic E-state index is 0.685. The first-order chi connectivity index (χ1) is 14.7. The van der Waals surface area contributed by atoms with E-state index < -0.39 is 0 Å². The largest absolute Gasteiger partial charge is 0.384 e. The molecule has 0 spiro atoms. The number of nitrogen functional groups attached to an aromatic ring is 1. The molecule has 0 saturated carbocycles. The Morgan fingerprint density at radius 1 is 1.13 bits per heavy atom. The van der Waals surface area contributed by atoms with E-state index in [4.69, 9.17) is 15.5 Å². The quantitative estimate of drug-likeness (QED) is 0.617. The number of hydrogen-bond acceptors (Lipinski definition) is 4. The first-order valence-electron chi connectivity index (χ1n) is 10.4. The van der Waals surface area contributed by atoms with Gasteiger partial charge in [0.25, 0.3) is 0 Å². The topological polar surface area (TPSA) is 55.8 Å². The van der Waals surface area contributed by atoms with Gasteiger partial charge in [0.15, 0.2) is 0 Å². The summed E-state index contributed by atoms with van der Waals surface area (Å²) in [7, 11) is 0. The van der Waals surface area contributed by atoms with E-state index >= 15 is 0 Å². The molecule has 1 aromatic carbocycles. The number of allylic oxidation sites excluding steroid dienone is 3. The van der Waals surface area contributed by atoms with E-state index in [1.54, 1.807) is 0 Å². The lowest BCUT2D eigenvalue weighted by atomic mass is 9.95. The maximum atomic E-state index is 6.49. The lowest BCUT2D eigenvalue weighted by Gasteiger charge is -2.26. The maximum Gasteiger partial charge on any atom is 0.146 e. The molecule has 1 aliphatic heterocycles. The van der Waals surface area contributed by atoms with Gasteiger partial charge in [-0.2, -0.15) is 0 Å². The van der Waals surface area contributed by atoms with Crippen molar-refractivity contribution in [3.63, 3.8) is 0 Å². The van der Waals surface area contributed by atoms with Gasteiger partial charge in [0.2, 0.25) is 0 Å². The Bertz CT molecular complexity index is 1140. The molecule has 2 aliphatic rings. The zero-order valence-electron chi connectivity index (χ0n) is 16.9. The first kappa shape index (κ1) is 19.5. The minimum absolute atomic E-state index is 0.685. The Hall–Kier alpha value is -2.41. The van der Waals surface area contributed by atoms with Crippen molar-refractivity contribution in [2.75, 3.05) is 32.0 Å². The molecule has 0 atom stereocenters. The summed E-state index contributed by atoms with van der Waals surface area (Å²) in [6, 6.07) is 10.7. The van der Waals surface area contributed by atoms with E-state index in [-0.39, 0.29) is 0 Å². The van der Waals surface area contributed by atoms with Crippen LogP contribution in [0.3, 0.4) is 0 Å². The van der Waals surface area contributed by atoms with E-state index in [1.165, 1.54) is 11.1 Å². The monoisotopic (exact) mass is 464 g/mol. The fraction of sp³-hybridized carbons (Fsp3) is 0.292. The van der Waals surface area contributed by atoms with Gasteiger partial charge in [0.1, 0.15) is 11.5 Å². The van der Waals surface area contributed by atoms with Gasteiger partial charge in [0, 0.05) is 31.4 Å². The second kappa shape index (κ2) is 8.38. The van der Waals surface area contributed by atoms with E-state index in [2.05, 4.69) is 69.4 Å². The van der Waals surface area contributed by atoms with Gasteiger partial charge in [0.05, 0.1) is 23.4 Å². The SMILES string of the molecule is Nc1c(Br)c(CN2CCOCC2)nc2c(C3=Cc4ccccc4CCC=C3)ccn12. The maximum absolute atomic E-state index is 6.49. The second-order valence-electron chi connectivity index (χ2n) is 7.81. The van der Waals surface area contributed by atoms with Gasteiger partial charge in [-0.3, -0.25) is 9.30 Å². The van der Waals surface area contributed by atoms with Crippen LogP contribution in [0.15, 0.2) is 53.2 Å². The van der Waals surface area contributed by atoms with Crippen molar-refractivity contribution >= 4 is 39.0 Å². The molecule has 1 aliphatic carbocycles. The lowest BCUT2D eigenvalue weighted by molar-refractivity contribution is 0.0336. The molecule has 2 aromatic heterocycles. The van der Waals surface area contributed by atoms with Gasteiger partial charge in [-0.15, -0.1) is 0 Å². The van der Waals surface area contributed by atoms with E-state index in [0.29, 0.717) is 5.82 Å². The molecule has 0 bridgehead atoms. The molecule has 0 amide bonds. The Morgan fingerprint density at radius 3 is 2.83 bits per heavy atom. The first-order valence-corrected chi connectivity index (χ1v) is 11.2. The molecule has 2 N–H and O–H groups in total. The number of halogens is 1. The standard InChI is InChI=1S/C24H25BrN4O/c25-22-21(16-28-11-13-30-14-12-28)27-24-20(9-10-29(24)23(22)26)19-8-4-2-6-17-5-1-3-7-18(17)15-19/h1,3-5,7-10,15H,2,6,11-14,16,26H2. The van der Waals surface area contributed by atoms with E-state index in [1.807, 2.05) is 10.6 Å². The highest BCUT2D eigenvalue weighted by atomic mass is 79.9. The Balaban J connectivity index is 1.60. The van der Waals surface area contributed by atoms with Crippen LogP contribution in [0.2, 0.25) is 0 Å². The van der Waals surface area contributed by atoms with Crippen LogP contribution >= 0.6 is 15.9 Å². The predicted octanol–water partition coefficient (Wildman–Crippen LogP) is 4.55. The van der Waals surface area contributed by atoms with Crippen LogP contribution in [0, 0.1) is 0 Å².